The predicted molar refractivity (Wildman–Crippen MR) is 75.9 cm³/mol. The van der Waals surface area contributed by atoms with Gasteiger partial charge in [-0.15, -0.1) is 0 Å². The maximum Gasteiger partial charge on any atom is 0.0424 e. The van der Waals surface area contributed by atoms with Crippen LogP contribution in [0.25, 0.3) is 0 Å². The summed E-state index contributed by atoms with van der Waals surface area (Å²) in [5.41, 5.74) is 7.35. The minimum atomic E-state index is 0.406. The summed E-state index contributed by atoms with van der Waals surface area (Å²) in [4.78, 5) is 2.48. The third-order valence-corrected chi connectivity index (χ3v) is 4.75. The Balaban J connectivity index is 1.67. The third kappa shape index (κ3) is 2.53. The van der Waals surface area contributed by atoms with Crippen molar-refractivity contribution in [3.8, 4) is 0 Å². The van der Waals surface area contributed by atoms with Crippen LogP contribution in [0.4, 0.5) is 0 Å². The van der Waals surface area contributed by atoms with Gasteiger partial charge in [0.05, 0.1) is 0 Å². The Kier molecular flexibility index (Phi) is 3.55. The Hall–Kier alpha value is -0.280. The molecule has 1 aliphatic carbocycles. The summed E-state index contributed by atoms with van der Waals surface area (Å²) in [6, 6.07) is 6.19. The molecule has 2 fully saturated rings. The summed E-state index contributed by atoms with van der Waals surface area (Å²) in [6.45, 7) is 3.22. The summed E-state index contributed by atoms with van der Waals surface area (Å²) >= 11 is 12.1. The molecule has 3 atom stereocenters. The van der Waals surface area contributed by atoms with E-state index in [9.17, 15) is 0 Å². The lowest BCUT2D eigenvalue weighted by Crippen LogP contribution is -2.30. The molecule has 1 saturated carbocycles. The van der Waals surface area contributed by atoms with E-state index in [0.29, 0.717) is 22.0 Å². The van der Waals surface area contributed by atoms with E-state index in [4.69, 9.17) is 28.9 Å². The maximum absolute atomic E-state index is 6.15. The van der Waals surface area contributed by atoms with Crippen molar-refractivity contribution in [1.82, 2.24) is 4.90 Å². The lowest BCUT2D eigenvalue weighted by molar-refractivity contribution is 0.298. The Labute approximate surface area is 118 Å². The Bertz CT molecular complexity index is 429. The largest absolute Gasteiger partial charge is 0.327 e. The first kappa shape index (κ1) is 12.7. The van der Waals surface area contributed by atoms with Gasteiger partial charge in [0.2, 0.25) is 0 Å². The van der Waals surface area contributed by atoms with E-state index >= 15 is 0 Å². The van der Waals surface area contributed by atoms with E-state index in [1.807, 2.05) is 12.1 Å². The number of rotatable bonds is 2. The number of nitrogens with two attached hydrogens (primary N) is 1. The van der Waals surface area contributed by atoms with Crippen molar-refractivity contribution in [3.05, 3.63) is 33.8 Å². The van der Waals surface area contributed by atoms with Crippen LogP contribution in [0.2, 0.25) is 10.0 Å². The number of hydrogen-bond acceptors (Lipinski definition) is 2. The highest BCUT2D eigenvalue weighted by Gasteiger charge is 2.40. The minimum absolute atomic E-state index is 0.406. The molecular weight excluding hydrogens is 267 g/mol. The molecule has 4 heteroatoms. The monoisotopic (exact) mass is 284 g/mol. The third-order valence-electron chi connectivity index (χ3n) is 4.32. The Morgan fingerprint density at radius 1 is 1.11 bits per heavy atom. The van der Waals surface area contributed by atoms with Crippen LogP contribution in [0.1, 0.15) is 18.4 Å². The van der Waals surface area contributed by atoms with Crippen LogP contribution in [-0.2, 0) is 6.54 Å². The van der Waals surface area contributed by atoms with Crippen molar-refractivity contribution in [3.63, 3.8) is 0 Å². The number of benzene rings is 1. The number of hydrogen-bond donors (Lipinski definition) is 1. The first-order valence-electron chi connectivity index (χ1n) is 6.55. The SMILES string of the molecule is NC1CCC2CN(Cc3cc(Cl)cc(Cl)c3)CC12. The van der Waals surface area contributed by atoms with Crippen LogP contribution in [0.15, 0.2) is 18.2 Å². The van der Waals surface area contributed by atoms with Crippen molar-refractivity contribution in [2.75, 3.05) is 13.1 Å². The average Bonchev–Trinajstić information content (AvgIpc) is 2.80. The fraction of sp³-hybridized carbons (Fsp3) is 0.571. The fourth-order valence-electron chi connectivity index (χ4n) is 3.49. The molecule has 2 aliphatic rings. The van der Waals surface area contributed by atoms with E-state index in [1.165, 1.54) is 24.9 Å². The van der Waals surface area contributed by atoms with Gasteiger partial charge in [-0.3, -0.25) is 4.90 Å². The van der Waals surface area contributed by atoms with Crippen molar-refractivity contribution in [2.24, 2.45) is 17.6 Å². The van der Waals surface area contributed by atoms with Gasteiger partial charge in [-0.25, -0.2) is 0 Å². The van der Waals surface area contributed by atoms with Gasteiger partial charge < -0.3 is 5.73 Å². The first-order chi connectivity index (χ1) is 8.61. The lowest BCUT2D eigenvalue weighted by atomic mass is 9.98. The molecule has 1 aromatic rings. The number of halogens is 2. The van der Waals surface area contributed by atoms with Crippen LogP contribution in [0, 0.1) is 11.8 Å². The highest BCUT2D eigenvalue weighted by Crippen LogP contribution is 2.37. The molecule has 0 bridgehead atoms. The Morgan fingerprint density at radius 3 is 2.50 bits per heavy atom. The smallest absolute Gasteiger partial charge is 0.0424 e. The molecule has 2 N–H and O–H groups in total. The van der Waals surface area contributed by atoms with Gasteiger partial charge in [0, 0.05) is 35.7 Å². The summed E-state index contributed by atoms with van der Waals surface area (Å²) in [5, 5.41) is 1.43. The summed E-state index contributed by atoms with van der Waals surface area (Å²) in [6.07, 6.45) is 2.49. The minimum Gasteiger partial charge on any atom is -0.327 e. The number of nitrogens with zero attached hydrogens (tertiary/aromatic N) is 1. The predicted octanol–water partition coefficient (Wildman–Crippen LogP) is 3.16. The normalized spacial score (nSPS) is 31.8. The standard InChI is InChI=1S/C14H18Cl2N2/c15-11-3-9(4-12(16)5-11)6-18-7-10-1-2-14(17)13(10)8-18/h3-5,10,13-14H,1-2,6-8,17H2. The molecule has 0 aromatic heterocycles. The summed E-state index contributed by atoms with van der Waals surface area (Å²) in [5.74, 6) is 1.49. The zero-order chi connectivity index (χ0) is 12.7. The van der Waals surface area contributed by atoms with Crippen LogP contribution in [-0.4, -0.2) is 24.0 Å². The second kappa shape index (κ2) is 5.01. The topological polar surface area (TPSA) is 29.3 Å². The van der Waals surface area contributed by atoms with Gasteiger partial charge >= 0.3 is 0 Å². The van der Waals surface area contributed by atoms with Gasteiger partial charge in [-0.05, 0) is 48.4 Å². The van der Waals surface area contributed by atoms with Crippen LogP contribution < -0.4 is 5.73 Å². The molecule has 1 saturated heterocycles. The van der Waals surface area contributed by atoms with E-state index in [2.05, 4.69) is 4.90 Å². The van der Waals surface area contributed by atoms with E-state index in [-0.39, 0.29) is 0 Å². The second-order valence-electron chi connectivity index (χ2n) is 5.64. The second-order valence-corrected chi connectivity index (χ2v) is 6.51. The number of fused-ring (bicyclic) bond motifs is 1. The molecule has 1 aromatic carbocycles. The molecule has 0 amide bonds. The van der Waals surface area contributed by atoms with Crippen LogP contribution in [0.5, 0.6) is 0 Å². The van der Waals surface area contributed by atoms with Gasteiger partial charge in [0.1, 0.15) is 0 Å². The Morgan fingerprint density at radius 2 is 1.83 bits per heavy atom. The molecule has 3 unspecified atom stereocenters. The number of likely N-dealkylation sites (tertiary alicyclic amines) is 1. The molecule has 98 valence electrons. The molecule has 2 nitrogen and oxygen atoms in total. The molecule has 0 spiro atoms. The van der Waals surface area contributed by atoms with Crippen molar-refractivity contribution >= 4 is 23.2 Å². The average molecular weight is 285 g/mol. The first-order valence-corrected chi connectivity index (χ1v) is 7.30. The fourth-order valence-corrected chi connectivity index (χ4v) is 4.06. The summed E-state index contributed by atoms with van der Waals surface area (Å²) < 4.78 is 0. The van der Waals surface area contributed by atoms with Gasteiger partial charge in [0.25, 0.3) is 0 Å². The zero-order valence-corrected chi connectivity index (χ0v) is 11.8. The quantitative estimate of drug-likeness (QED) is 0.904. The van der Waals surface area contributed by atoms with Gasteiger partial charge in [0.15, 0.2) is 0 Å². The van der Waals surface area contributed by atoms with E-state index in [1.54, 1.807) is 6.07 Å². The van der Waals surface area contributed by atoms with Crippen molar-refractivity contribution in [2.45, 2.75) is 25.4 Å². The highest BCUT2D eigenvalue weighted by atomic mass is 35.5. The van der Waals surface area contributed by atoms with Crippen LogP contribution in [0.3, 0.4) is 0 Å². The van der Waals surface area contributed by atoms with E-state index < -0.39 is 0 Å². The molecule has 18 heavy (non-hydrogen) atoms. The maximum atomic E-state index is 6.15. The van der Waals surface area contributed by atoms with Gasteiger partial charge in [-0.2, -0.15) is 0 Å². The van der Waals surface area contributed by atoms with Gasteiger partial charge in [-0.1, -0.05) is 23.2 Å². The highest BCUT2D eigenvalue weighted by molar-refractivity contribution is 6.34. The lowest BCUT2D eigenvalue weighted by Gasteiger charge is -2.18. The van der Waals surface area contributed by atoms with Crippen LogP contribution >= 0.6 is 23.2 Å². The van der Waals surface area contributed by atoms with E-state index in [0.717, 1.165) is 19.0 Å². The molecule has 1 heterocycles. The molecule has 3 rings (SSSR count). The summed E-state index contributed by atoms with van der Waals surface area (Å²) in [7, 11) is 0. The molecular formula is C14H18Cl2N2. The van der Waals surface area contributed by atoms with Crippen molar-refractivity contribution in [1.29, 1.82) is 0 Å². The molecule has 0 radical (unpaired) electrons. The zero-order valence-electron chi connectivity index (χ0n) is 10.3. The molecule has 1 aliphatic heterocycles. The van der Waals surface area contributed by atoms with Crippen molar-refractivity contribution < 1.29 is 0 Å².